The van der Waals surface area contributed by atoms with E-state index in [4.69, 9.17) is 4.74 Å². The van der Waals surface area contributed by atoms with Gasteiger partial charge in [0.05, 0.1) is 24.8 Å². The molecular formula is C17H24N2O4. The molecule has 23 heavy (non-hydrogen) atoms. The second-order valence-corrected chi connectivity index (χ2v) is 6.14. The smallest absolute Gasteiger partial charge is 0.339 e. The zero-order valence-electron chi connectivity index (χ0n) is 14.2. The lowest BCUT2D eigenvalue weighted by molar-refractivity contribution is -0.133. The second kappa shape index (κ2) is 6.98. The lowest BCUT2D eigenvalue weighted by Gasteiger charge is -2.33. The third-order valence-electron chi connectivity index (χ3n) is 4.52. The molecule has 1 aromatic rings. The number of aromatic amines is 1. The summed E-state index contributed by atoms with van der Waals surface area (Å²) in [5.74, 6) is -0.725. The average molecular weight is 320 g/mol. The Bertz CT molecular complexity index is 633. The summed E-state index contributed by atoms with van der Waals surface area (Å²) in [4.78, 5) is 41.1. The van der Waals surface area contributed by atoms with E-state index in [1.807, 2.05) is 11.8 Å². The van der Waals surface area contributed by atoms with Gasteiger partial charge in [-0.15, -0.1) is 0 Å². The van der Waals surface area contributed by atoms with Gasteiger partial charge in [-0.25, -0.2) is 4.79 Å². The number of likely N-dealkylation sites (tertiary alicyclic amines) is 1. The van der Waals surface area contributed by atoms with Crippen molar-refractivity contribution < 1.29 is 19.1 Å². The van der Waals surface area contributed by atoms with Gasteiger partial charge in [-0.3, -0.25) is 9.59 Å². The molecule has 2 heterocycles. The molecule has 126 valence electrons. The number of amides is 1. The zero-order valence-corrected chi connectivity index (χ0v) is 14.2. The molecule has 0 radical (unpaired) electrons. The lowest BCUT2D eigenvalue weighted by Crippen LogP contribution is -2.43. The first-order chi connectivity index (χ1) is 10.9. The number of carbonyl (C=O) groups excluding carboxylic acids is 3. The Morgan fingerprint density at radius 1 is 1.30 bits per heavy atom. The van der Waals surface area contributed by atoms with E-state index in [1.54, 1.807) is 6.92 Å². The number of hydrogen-bond acceptors (Lipinski definition) is 4. The quantitative estimate of drug-likeness (QED) is 0.681. The molecule has 0 spiro atoms. The number of piperidine rings is 1. The molecule has 1 aliphatic heterocycles. The largest absolute Gasteiger partial charge is 0.465 e. The van der Waals surface area contributed by atoms with Crippen LogP contribution < -0.4 is 0 Å². The molecule has 0 aromatic carbocycles. The first-order valence-corrected chi connectivity index (χ1v) is 7.97. The predicted octanol–water partition coefficient (Wildman–Crippen LogP) is 2.26. The minimum Gasteiger partial charge on any atom is -0.465 e. The van der Waals surface area contributed by atoms with Gasteiger partial charge in [0.1, 0.15) is 0 Å². The second-order valence-electron chi connectivity index (χ2n) is 6.14. The van der Waals surface area contributed by atoms with E-state index in [0.29, 0.717) is 22.5 Å². The van der Waals surface area contributed by atoms with Crippen LogP contribution in [0.3, 0.4) is 0 Å². The van der Waals surface area contributed by atoms with Crippen LogP contribution >= 0.6 is 0 Å². The van der Waals surface area contributed by atoms with Crippen molar-refractivity contribution >= 4 is 17.7 Å². The number of methoxy groups -OCH3 is 1. The zero-order chi connectivity index (χ0) is 17.1. The monoisotopic (exact) mass is 320 g/mol. The highest BCUT2D eigenvalue weighted by atomic mass is 16.5. The number of ketones is 1. The maximum absolute atomic E-state index is 12.6. The number of nitrogens with zero attached hydrogens (tertiary/aromatic N) is 1. The summed E-state index contributed by atoms with van der Waals surface area (Å²) in [6.45, 7) is 5.90. The van der Waals surface area contributed by atoms with Crippen molar-refractivity contribution in [1.29, 1.82) is 0 Å². The van der Waals surface area contributed by atoms with Crippen molar-refractivity contribution in [3.05, 3.63) is 22.5 Å². The van der Waals surface area contributed by atoms with Gasteiger partial charge in [0.15, 0.2) is 5.78 Å². The maximum atomic E-state index is 12.6. The molecular weight excluding hydrogens is 296 g/mol. The minimum atomic E-state index is -0.527. The van der Waals surface area contributed by atoms with Gasteiger partial charge in [-0.05, 0) is 38.7 Å². The van der Waals surface area contributed by atoms with Crippen LogP contribution in [0.25, 0.3) is 0 Å². The number of Topliss-reactive ketones (excluding diaryl/α,β-unsaturated/α-hetero) is 1. The van der Waals surface area contributed by atoms with Gasteiger partial charge in [0.2, 0.25) is 5.91 Å². The van der Waals surface area contributed by atoms with E-state index in [0.717, 1.165) is 25.8 Å². The highest BCUT2D eigenvalue weighted by Crippen LogP contribution is 2.23. The Morgan fingerprint density at radius 2 is 2.00 bits per heavy atom. The predicted molar refractivity (Wildman–Crippen MR) is 85.6 cm³/mol. The van der Waals surface area contributed by atoms with Crippen LogP contribution in [-0.4, -0.2) is 47.2 Å². The highest BCUT2D eigenvalue weighted by Gasteiger charge is 2.28. The topological polar surface area (TPSA) is 79.5 Å². The van der Waals surface area contributed by atoms with Gasteiger partial charge in [-0.2, -0.15) is 0 Å². The Kier molecular flexibility index (Phi) is 5.23. The SMILES string of the molecule is COC(=O)c1c(CC(=O)N2CCCC[C@H]2C)[nH]c(C(C)=O)c1C. The van der Waals surface area contributed by atoms with Crippen molar-refractivity contribution in [3.8, 4) is 0 Å². The average Bonchev–Trinajstić information content (AvgIpc) is 2.83. The summed E-state index contributed by atoms with van der Waals surface area (Å²) in [5, 5.41) is 0. The van der Waals surface area contributed by atoms with Gasteiger partial charge in [-0.1, -0.05) is 0 Å². The molecule has 0 bridgehead atoms. The molecule has 1 aromatic heterocycles. The number of nitrogens with one attached hydrogen (secondary N) is 1. The molecule has 0 aliphatic carbocycles. The van der Waals surface area contributed by atoms with Crippen molar-refractivity contribution in [1.82, 2.24) is 9.88 Å². The van der Waals surface area contributed by atoms with E-state index in [2.05, 4.69) is 4.98 Å². The molecule has 1 aliphatic rings. The maximum Gasteiger partial charge on any atom is 0.339 e. The Hall–Kier alpha value is -2.11. The van der Waals surface area contributed by atoms with E-state index < -0.39 is 5.97 Å². The Labute approximate surface area is 136 Å². The number of aromatic nitrogens is 1. The summed E-state index contributed by atoms with van der Waals surface area (Å²) in [6.07, 6.45) is 3.21. The van der Waals surface area contributed by atoms with Gasteiger partial charge < -0.3 is 14.6 Å². The summed E-state index contributed by atoms with van der Waals surface area (Å²) in [7, 11) is 1.29. The molecule has 1 N–H and O–H groups in total. The van der Waals surface area contributed by atoms with Crippen LogP contribution in [0.4, 0.5) is 0 Å². The minimum absolute atomic E-state index is 0.0290. The van der Waals surface area contributed by atoms with Crippen molar-refractivity contribution in [2.24, 2.45) is 0 Å². The number of esters is 1. The standard InChI is InChI=1S/C17H24N2O4/c1-10-7-5-6-8-19(10)14(21)9-13-15(17(22)23-4)11(2)16(18-13)12(3)20/h10,18H,5-9H2,1-4H3/t10-/m1/s1. The van der Waals surface area contributed by atoms with Crippen LogP contribution in [0.15, 0.2) is 0 Å². The number of H-pyrrole nitrogens is 1. The summed E-state index contributed by atoms with van der Waals surface area (Å²) >= 11 is 0. The molecule has 6 nitrogen and oxygen atoms in total. The molecule has 1 saturated heterocycles. The third kappa shape index (κ3) is 3.46. The molecule has 2 rings (SSSR count). The van der Waals surface area contributed by atoms with E-state index in [-0.39, 0.29) is 24.2 Å². The van der Waals surface area contributed by atoms with E-state index in [1.165, 1.54) is 14.0 Å². The first kappa shape index (κ1) is 17.2. The fourth-order valence-corrected chi connectivity index (χ4v) is 3.24. The number of rotatable bonds is 4. The number of ether oxygens (including phenoxy) is 1. The van der Waals surface area contributed by atoms with Gasteiger partial charge in [0, 0.05) is 25.2 Å². The third-order valence-corrected chi connectivity index (χ3v) is 4.52. The van der Waals surface area contributed by atoms with E-state index >= 15 is 0 Å². The van der Waals surface area contributed by atoms with Gasteiger partial charge in [0.25, 0.3) is 0 Å². The molecule has 0 saturated carbocycles. The Morgan fingerprint density at radius 3 is 2.57 bits per heavy atom. The van der Waals surface area contributed by atoms with Crippen LogP contribution in [0.2, 0.25) is 0 Å². The summed E-state index contributed by atoms with van der Waals surface area (Å²) < 4.78 is 4.80. The van der Waals surface area contributed by atoms with Crippen molar-refractivity contribution in [3.63, 3.8) is 0 Å². The summed E-state index contributed by atoms with van der Waals surface area (Å²) in [6, 6.07) is 0.209. The molecule has 1 atom stereocenters. The normalized spacial score (nSPS) is 17.9. The molecule has 6 heteroatoms. The van der Waals surface area contributed by atoms with Crippen LogP contribution in [0.5, 0.6) is 0 Å². The molecule has 1 fully saturated rings. The summed E-state index contributed by atoms with van der Waals surface area (Å²) in [5.41, 5.74) is 1.66. The van der Waals surface area contributed by atoms with Crippen LogP contribution in [0, 0.1) is 6.92 Å². The number of carbonyl (C=O) groups is 3. The van der Waals surface area contributed by atoms with Crippen molar-refractivity contribution in [2.45, 2.75) is 52.5 Å². The molecule has 0 unspecified atom stereocenters. The lowest BCUT2D eigenvalue weighted by atomic mass is 10.0. The fraction of sp³-hybridized carbons (Fsp3) is 0.588. The van der Waals surface area contributed by atoms with Crippen molar-refractivity contribution in [2.75, 3.05) is 13.7 Å². The highest BCUT2D eigenvalue weighted by molar-refractivity contribution is 6.01. The molecule has 1 amide bonds. The number of hydrogen-bond donors (Lipinski definition) is 1. The fourth-order valence-electron chi connectivity index (χ4n) is 3.24. The Balaban J connectivity index is 2.31. The first-order valence-electron chi connectivity index (χ1n) is 7.97. The van der Waals surface area contributed by atoms with Crippen LogP contribution in [-0.2, 0) is 16.0 Å². The van der Waals surface area contributed by atoms with E-state index in [9.17, 15) is 14.4 Å². The van der Waals surface area contributed by atoms with Crippen LogP contribution in [0.1, 0.15) is 65.2 Å². The van der Waals surface area contributed by atoms with Gasteiger partial charge >= 0.3 is 5.97 Å².